The molecule has 0 aliphatic rings. The van der Waals surface area contributed by atoms with E-state index in [2.05, 4.69) is 30.4 Å². The van der Waals surface area contributed by atoms with Gasteiger partial charge in [0.1, 0.15) is 5.82 Å². The molecule has 4 nitrogen and oxygen atoms in total. The molecule has 1 aromatic rings. The Bertz CT molecular complexity index is 451. The van der Waals surface area contributed by atoms with E-state index in [0.29, 0.717) is 5.56 Å². The number of rotatable bonds is 7. The summed E-state index contributed by atoms with van der Waals surface area (Å²) in [7, 11) is 3.69. The van der Waals surface area contributed by atoms with Gasteiger partial charge < -0.3 is 10.2 Å². The van der Waals surface area contributed by atoms with E-state index in [9.17, 15) is 4.79 Å². The fraction of sp³-hybridized carbons (Fsp3) is 0.600. The highest BCUT2D eigenvalue weighted by molar-refractivity contribution is 7.98. The number of nitrogens with one attached hydrogen (secondary N) is 1. The van der Waals surface area contributed by atoms with Gasteiger partial charge >= 0.3 is 0 Å². The van der Waals surface area contributed by atoms with Gasteiger partial charge in [0.15, 0.2) is 0 Å². The van der Waals surface area contributed by atoms with Gasteiger partial charge in [0.2, 0.25) is 0 Å². The Morgan fingerprint density at radius 3 is 2.75 bits per heavy atom. The molecule has 1 rings (SSSR count). The maximum Gasteiger partial charge on any atom is 0.254 e. The van der Waals surface area contributed by atoms with Crippen LogP contribution in [0.5, 0.6) is 0 Å². The molecule has 0 fully saturated rings. The molecule has 1 N–H and O–H groups in total. The number of pyridine rings is 1. The first-order valence-electron chi connectivity index (χ1n) is 6.98. The summed E-state index contributed by atoms with van der Waals surface area (Å²) in [6.45, 7) is 4.18. The van der Waals surface area contributed by atoms with E-state index in [0.717, 1.165) is 30.1 Å². The quantitative estimate of drug-likeness (QED) is 0.840. The highest BCUT2D eigenvalue weighted by Gasteiger charge is 2.18. The van der Waals surface area contributed by atoms with Crippen LogP contribution in [-0.2, 0) is 6.42 Å². The highest BCUT2D eigenvalue weighted by Crippen LogP contribution is 2.15. The third kappa shape index (κ3) is 4.40. The average molecular weight is 295 g/mol. The van der Waals surface area contributed by atoms with Crippen molar-refractivity contribution < 1.29 is 4.79 Å². The minimum atomic E-state index is 0.0582. The van der Waals surface area contributed by atoms with Crippen molar-refractivity contribution in [3.8, 4) is 0 Å². The average Bonchev–Trinajstić information content (AvgIpc) is 2.45. The number of anilines is 1. The molecule has 0 saturated heterocycles. The third-order valence-corrected chi connectivity index (χ3v) is 4.09. The van der Waals surface area contributed by atoms with Gasteiger partial charge in [0, 0.05) is 37.1 Å². The maximum absolute atomic E-state index is 12.5. The SMILES string of the molecule is CCCc1cc(C(=O)N(C)C(C)CSC)cc(NC)n1. The molecule has 1 aromatic heterocycles. The fourth-order valence-electron chi connectivity index (χ4n) is 1.98. The second-order valence-electron chi connectivity index (χ2n) is 4.95. The first kappa shape index (κ1) is 16.8. The van der Waals surface area contributed by atoms with Crippen LogP contribution >= 0.6 is 11.8 Å². The zero-order valence-corrected chi connectivity index (χ0v) is 13.9. The minimum Gasteiger partial charge on any atom is -0.373 e. The van der Waals surface area contributed by atoms with Gasteiger partial charge in [-0.3, -0.25) is 4.79 Å². The summed E-state index contributed by atoms with van der Waals surface area (Å²) < 4.78 is 0. The van der Waals surface area contributed by atoms with Crippen LogP contribution in [-0.4, -0.2) is 47.9 Å². The van der Waals surface area contributed by atoms with E-state index >= 15 is 0 Å². The number of hydrogen-bond acceptors (Lipinski definition) is 4. The summed E-state index contributed by atoms with van der Waals surface area (Å²) in [4.78, 5) is 18.8. The smallest absolute Gasteiger partial charge is 0.254 e. The Balaban J connectivity index is 2.99. The Kier molecular flexibility index (Phi) is 6.85. The van der Waals surface area contributed by atoms with E-state index < -0.39 is 0 Å². The zero-order chi connectivity index (χ0) is 15.1. The molecule has 0 saturated carbocycles. The molecule has 112 valence electrons. The van der Waals surface area contributed by atoms with E-state index in [1.165, 1.54) is 0 Å². The molecule has 1 atom stereocenters. The standard InChI is InChI=1S/C15H25N3OS/c1-6-7-13-8-12(9-14(16-3)17-13)15(19)18(4)11(2)10-20-5/h8-9,11H,6-7,10H2,1-5H3,(H,16,17). The number of amides is 1. The third-order valence-electron chi connectivity index (χ3n) is 3.28. The number of aryl methyl sites for hydroxylation is 1. The van der Waals surface area contributed by atoms with Gasteiger partial charge in [-0.05, 0) is 31.7 Å². The van der Waals surface area contributed by atoms with Crippen molar-refractivity contribution in [1.29, 1.82) is 0 Å². The lowest BCUT2D eigenvalue weighted by Crippen LogP contribution is -2.36. The molecule has 0 aliphatic carbocycles. The molecule has 0 aliphatic heterocycles. The van der Waals surface area contributed by atoms with E-state index in [1.807, 2.05) is 26.2 Å². The van der Waals surface area contributed by atoms with Crippen molar-refractivity contribution >= 4 is 23.5 Å². The normalized spacial score (nSPS) is 12.1. The molecule has 0 aromatic carbocycles. The molecule has 1 amide bonds. The molecule has 1 unspecified atom stereocenters. The number of thioether (sulfide) groups is 1. The fourth-order valence-corrected chi connectivity index (χ4v) is 2.69. The highest BCUT2D eigenvalue weighted by atomic mass is 32.2. The topological polar surface area (TPSA) is 45.2 Å². The van der Waals surface area contributed by atoms with Crippen LogP contribution in [0.15, 0.2) is 12.1 Å². The van der Waals surface area contributed by atoms with Crippen LogP contribution in [0.3, 0.4) is 0 Å². The Morgan fingerprint density at radius 2 is 2.20 bits per heavy atom. The lowest BCUT2D eigenvalue weighted by Gasteiger charge is -2.24. The first-order valence-corrected chi connectivity index (χ1v) is 8.37. The summed E-state index contributed by atoms with van der Waals surface area (Å²) in [5.74, 6) is 1.75. The molecule has 0 radical (unpaired) electrons. The lowest BCUT2D eigenvalue weighted by molar-refractivity contribution is 0.0757. The maximum atomic E-state index is 12.5. The van der Waals surface area contributed by atoms with Gasteiger partial charge in [-0.2, -0.15) is 11.8 Å². The van der Waals surface area contributed by atoms with Crippen molar-refractivity contribution in [2.24, 2.45) is 0 Å². The summed E-state index contributed by atoms with van der Waals surface area (Å²) in [6.07, 6.45) is 3.96. The summed E-state index contributed by atoms with van der Waals surface area (Å²) in [6, 6.07) is 3.96. The first-order chi connectivity index (χ1) is 9.53. The molecule has 1 heterocycles. The Morgan fingerprint density at radius 1 is 1.50 bits per heavy atom. The van der Waals surface area contributed by atoms with Crippen LogP contribution in [0.4, 0.5) is 5.82 Å². The molecule has 0 bridgehead atoms. The van der Waals surface area contributed by atoms with Crippen LogP contribution in [0.1, 0.15) is 36.3 Å². The van der Waals surface area contributed by atoms with Crippen molar-refractivity contribution in [1.82, 2.24) is 9.88 Å². The van der Waals surface area contributed by atoms with Crippen LogP contribution in [0.2, 0.25) is 0 Å². The van der Waals surface area contributed by atoms with Crippen molar-refractivity contribution in [3.63, 3.8) is 0 Å². The molecule has 20 heavy (non-hydrogen) atoms. The van der Waals surface area contributed by atoms with E-state index in [1.54, 1.807) is 16.7 Å². The summed E-state index contributed by atoms with van der Waals surface area (Å²) >= 11 is 1.75. The minimum absolute atomic E-state index is 0.0582. The van der Waals surface area contributed by atoms with Gasteiger partial charge in [0.25, 0.3) is 5.91 Å². The molecule has 0 spiro atoms. The predicted octanol–water partition coefficient (Wildman–Crippen LogP) is 2.90. The summed E-state index contributed by atoms with van der Waals surface area (Å²) in [5, 5.41) is 3.03. The second-order valence-corrected chi connectivity index (χ2v) is 5.86. The summed E-state index contributed by atoms with van der Waals surface area (Å²) in [5.41, 5.74) is 1.68. The number of carbonyl (C=O) groups excluding carboxylic acids is 1. The van der Waals surface area contributed by atoms with Crippen LogP contribution < -0.4 is 5.32 Å². The van der Waals surface area contributed by atoms with E-state index in [4.69, 9.17) is 0 Å². The predicted molar refractivity (Wildman–Crippen MR) is 87.7 cm³/mol. The van der Waals surface area contributed by atoms with Gasteiger partial charge in [-0.15, -0.1) is 0 Å². The molecule has 5 heteroatoms. The number of aromatic nitrogens is 1. The largest absolute Gasteiger partial charge is 0.373 e. The second kappa shape index (κ2) is 8.15. The lowest BCUT2D eigenvalue weighted by atomic mass is 10.1. The zero-order valence-electron chi connectivity index (χ0n) is 13.1. The van der Waals surface area contributed by atoms with Crippen molar-refractivity contribution in [2.45, 2.75) is 32.7 Å². The number of hydrogen-bond donors (Lipinski definition) is 1. The van der Waals surface area contributed by atoms with Gasteiger partial charge in [0.05, 0.1) is 0 Å². The molecular formula is C15H25N3OS. The Hall–Kier alpha value is -1.23. The Labute approximate surface area is 126 Å². The van der Waals surface area contributed by atoms with Gasteiger partial charge in [-0.25, -0.2) is 4.98 Å². The van der Waals surface area contributed by atoms with Crippen molar-refractivity contribution in [2.75, 3.05) is 31.4 Å². The van der Waals surface area contributed by atoms with Crippen molar-refractivity contribution in [3.05, 3.63) is 23.4 Å². The van der Waals surface area contributed by atoms with Crippen LogP contribution in [0, 0.1) is 0 Å². The van der Waals surface area contributed by atoms with Crippen LogP contribution in [0.25, 0.3) is 0 Å². The molecular weight excluding hydrogens is 270 g/mol. The number of carbonyl (C=O) groups is 1. The monoisotopic (exact) mass is 295 g/mol. The van der Waals surface area contributed by atoms with Gasteiger partial charge in [-0.1, -0.05) is 13.3 Å². The van der Waals surface area contributed by atoms with E-state index in [-0.39, 0.29) is 11.9 Å². The number of nitrogens with zero attached hydrogens (tertiary/aromatic N) is 2.